The van der Waals surface area contributed by atoms with Gasteiger partial charge in [-0.2, -0.15) is 0 Å². The number of aliphatic carboxylic acids is 1. The highest BCUT2D eigenvalue weighted by molar-refractivity contribution is 6.31. The average Bonchev–Trinajstić information content (AvgIpc) is 2.39. The minimum Gasteiger partial charge on any atom is -0.480 e. The zero-order valence-corrected chi connectivity index (χ0v) is 11.8. The molecule has 1 heterocycles. The summed E-state index contributed by atoms with van der Waals surface area (Å²) in [6.45, 7) is 3.40. The molecule has 1 N–H and O–H groups in total. The van der Waals surface area contributed by atoms with Crippen molar-refractivity contribution in [1.82, 2.24) is 9.80 Å². The molecule has 2 rings (SSSR count). The first-order chi connectivity index (χ1) is 9.08. The number of rotatable bonds is 4. The topological polar surface area (TPSA) is 43.8 Å². The highest BCUT2D eigenvalue weighted by Gasteiger charge is 2.28. The molecule has 0 aliphatic carbocycles. The molecule has 1 saturated heterocycles. The molecule has 0 amide bonds. The van der Waals surface area contributed by atoms with E-state index in [2.05, 4.69) is 11.9 Å². The first kappa shape index (κ1) is 14.3. The van der Waals surface area contributed by atoms with Crippen LogP contribution in [0.5, 0.6) is 0 Å². The van der Waals surface area contributed by atoms with Crippen molar-refractivity contribution in [2.45, 2.75) is 12.5 Å². The summed E-state index contributed by atoms with van der Waals surface area (Å²) in [4.78, 5) is 15.7. The molecule has 1 fully saturated rings. The molecule has 0 spiro atoms. The lowest BCUT2D eigenvalue weighted by molar-refractivity contribution is -0.144. The quantitative estimate of drug-likeness (QED) is 0.911. The Labute approximate surface area is 118 Å². The molecule has 0 radical (unpaired) electrons. The summed E-state index contributed by atoms with van der Waals surface area (Å²) in [5, 5.41) is 10.1. The zero-order chi connectivity index (χ0) is 13.8. The van der Waals surface area contributed by atoms with Crippen LogP contribution in [0.25, 0.3) is 0 Å². The highest BCUT2D eigenvalue weighted by atomic mass is 35.5. The van der Waals surface area contributed by atoms with Crippen molar-refractivity contribution in [1.29, 1.82) is 0 Å². The molecule has 104 valence electrons. The van der Waals surface area contributed by atoms with Crippen molar-refractivity contribution in [2.75, 3.05) is 33.2 Å². The van der Waals surface area contributed by atoms with E-state index in [0.717, 1.165) is 31.7 Å². The number of carbonyl (C=O) groups is 1. The minimum absolute atomic E-state index is 0.457. The third-order valence-electron chi connectivity index (χ3n) is 3.63. The molecule has 1 aromatic rings. The Morgan fingerprint density at radius 1 is 1.32 bits per heavy atom. The fraction of sp³-hybridized carbons (Fsp3) is 0.500. The van der Waals surface area contributed by atoms with Crippen molar-refractivity contribution in [2.24, 2.45) is 0 Å². The molecule has 0 unspecified atom stereocenters. The SMILES string of the molecule is CN1CCN([C@@H](Cc2ccccc2Cl)C(=O)O)CC1. The van der Waals surface area contributed by atoms with Crippen molar-refractivity contribution >= 4 is 17.6 Å². The fourth-order valence-electron chi connectivity index (χ4n) is 2.38. The predicted molar refractivity (Wildman–Crippen MR) is 75.6 cm³/mol. The van der Waals surface area contributed by atoms with Crippen LogP contribution in [-0.2, 0) is 11.2 Å². The molecule has 19 heavy (non-hydrogen) atoms. The number of likely N-dealkylation sites (N-methyl/N-ethyl adjacent to an activating group) is 1. The number of carboxylic acid groups (broad SMARTS) is 1. The van der Waals surface area contributed by atoms with E-state index in [9.17, 15) is 9.90 Å². The van der Waals surface area contributed by atoms with E-state index in [0.29, 0.717) is 11.4 Å². The third-order valence-corrected chi connectivity index (χ3v) is 4.00. The summed E-state index contributed by atoms with van der Waals surface area (Å²) in [6, 6.07) is 6.96. The van der Waals surface area contributed by atoms with Crippen molar-refractivity contribution in [3.05, 3.63) is 34.9 Å². The van der Waals surface area contributed by atoms with Crippen LogP contribution in [0.15, 0.2) is 24.3 Å². The highest BCUT2D eigenvalue weighted by Crippen LogP contribution is 2.19. The molecule has 1 aliphatic heterocycles. The number of piperazine rings is 1. The maximum Gasteiger partial charge on any atom is 0.321 e. The smallest absolute Gasteiger partial charge is 0.321 e. The molecular formula is C14H19ClN2O2. The van der Waals surface area contributed by atoms with Gasteiger partial charge < -0.3 is 10.0 Å². The summed E-state index contributed by atoms with van der Waals surface area (Å²) in [5.41, 5.74) is 0.899. The second-order valence-electron chi connectivity index (χ2n) is 4.99. The van der Waals surface area contributed by atoms with Gasteiger partial charge in [0.2, 0.25) is 0 Å². The Morgan fingerprint density at radius 2 is 1.95 bits per heavy atom. The maximum atomic E-state index is 11.5. The molecule has 0 saturated carbocycles. The van der Waals surface area contributed by atoms with Crippen LogP contribution in [0.3, 0.4) is 0 Å². The standard InChI is InChI=1S/C14H19ClN2O2/c1-16-6-8-17(9-7-16)13(14(18)19)10-11-4-2-3-5-12(11)15/h2-5,13H,6-10H2,1H3,(H,18,19)/t13-/m0/s1. The monoisotopic (exact) mass is 282 g/mol. The van der Waals surface area contributed by atoms with E-state index >= 15 is 0 Å². The second kappa shape index (κ2) is 6.37. The van der Waals surface area contributed by atoms with Crippen LogP contribution < -0.4 is 0 Å². The van der Waals surface area contributed by atoms with Crippen LogP contribution in [-0.4, -0.2) is 60.1 Å². The van der Waals surface area contributed by atoms with Crippen LogP contribution in [0.1, 0.15) is 5.56 Å². The zero-order valence-electron chi connectivity index (χ0n) is 11.1. The van der Waals surface area contributed by atoms with Gasteiger partial charge in [-0.3, -0.25) is 9.69 Å². The molecule has 0 aromatic heterocycles. The third kappa shape index (κ3) is 3.69. The van der Waals surface area contributed by atoms with Gasteiger partial charge in [0.15, 0.2) is 0 Å². The van der Waals surface area contributed by atoms with E-state index in [1.54, 1.807) is 6.07 Å². The first-order valence-corrected chi connectivity index (χ1v) is 6.84. The number of halogens is 1. The lowest BCUT2D eigenvalue weighted by atomic mass is 10.0. The number of benzene rings is 1. The second-order valence-corrected chi connectivity index (χ2v) is 5.40. The van der Waals surface area contributed by atoms with E-state index < -0.39 is 12.0 Å². The van der Waals surface area contributed by atoms with Crippen molar-refractivity contribution in [3.63, 3.8) is 0 Å². The Morgan fingerprint density at radius 3 is 2.53 bits per heavy atom. The first-order valence-electron chi connectivity index (χ1n) is 6.46. The van der Waals surface area contributed by atoms with Gasteiger partial charge in [-0.05, 0) is 18.7 Å². The largest absolute Gasteiger partial charge is 0.480 e. The van der Waals surface area contributed by atoms with Crippen molar-refractivity contribution in [3.8, 4) is 0 Å². The Balaban J connectivity index is 2.09. The van der Waals surface area contributed by atoms with Gasteiger partial charge in [-0.1, -0.05) is 29.8 Å². The Hall–Kier alpha value is -1.10. The normalized spacial score (nSPS) is 19.3. The van der Waals surface area contributed by atoms with E-state index in [-0.39, 0.29) is 0 Å². The summed E-state index contributed by atoms with van der Waals surface area (Å²) in [7, 11) is 2.06. The minimum atomic E-state index is -0.774. The molecule has 1 aliphatic rings. The Kier molecular flexibility index (Phi) is 4.80. The van der Waals surface area contributed by atoms with Crippen LogP contribution in [0.2, 0.25) is 5.02 Å². The fourth-order valence-corrected chi connectivity index (χ4v) is 2.59. The summed E-state index contributed by atoms with van der Waals surface area (Å²) in [6.07, 6.45) is 0.457. The number of carboxylic acids is 1. The van der Waals surface area contributed by atoms with Gasteiger partial charge in [0.1, 0.15) is 6.04 Å². The molecular weight excluding hydrogens is 264 g/mol. The van der Waals surface area contributed by atoms with E-state index in [1.165, 1.54) is 0 Å². The van der Waals surface area contributed by atoms with Crippen molar-refractivity contribution < 1.29 is 9.90 Å². The van der Waals surface area contributed by atoms with Gasteiger partial charge in [0, 0.05) is 37.6 Å². The number of hydrogen-bond donors (Lipinski definition) is 1. The molecule has 1 atom stereocenters. The lowest BCUT2D eigenvalue weighted by Crippen LogP contribution is -2.52. The number of hydrogen-bond acceptors (Lipinski definition) is 3. The van der Waals surface area contributed by atoms with Crippen LogP contribution in [0.4, 0.5) is 0 Å². The van der Waals surface area contributed by atoms with E-state index in [4.69, 9.17) is 11.6 Å². The van der Waals surface area contributed by atoms with Gasteiger partial charge in [0.05, 0.1) is 0 Å². The van der Waals surface area contributed by atoms with Crippen LogP contribution >= 0.6 is 11.6 Å². The van der Waals surface area contributed by atoms with Gasteiger partial charge in [-0.15, -0.1) is 0 Å². The maximum absolute atomic E-state index is 11.5. The molecule has 0 bridgehead atoms. The van der Waals surface area contributed by atoms with Gasteiger partial charge in [0.25, 0.3) is 0 Å². The Bertz CT molecular complexity index is 445. The number of nitrogens with zero attached hydrogens (tertiary/aromatic N) is 2. The predicted octanol–water partition coefficient (Wildman–Crippen LogP) is 1.58. The van der Waals surface area contributed by atoms with Crippen LogP contribution in [0, 0.1) is 0 Å². The molecule has 4 nitrogen and oxygen atoms in total. The summed E-state index contributed by atoms with van der Waals surface area (Å²) in [5.74, 6) is -0.774. The van der Waals surface area contributed by atoms with E-state index in [1.807, 2.05) is 23.1 Å². The van der Waals surface area contributed by atoms with Gasteiger partial charge >= 0.3 is 5.97 Å². The lowest BCUT2D eigenvalue weighted by Gasteiger charge is -2.36. The summed E-state index contributed by atoms with van der Waals surface area (Å²) >= 11 is 6.12. The molecule has 5 heteroatoms. The average molecular weight is 283 g/mol. The molecule has 1 aromatic carbocycles. The van der Waals surface area contributed by atoms with Gasteiger partial charge in [-0.25, -0.2) is 0 Å². The summed E-state index contributed by atoms with van der Waals surface area (Å²) < 4.78 is 0.